The average Bonchev–Trinajstić information content (AvgIpc) is 2.85. The van der Waals surface area contributed by atoms with Crippen LogP contribution in [0.1, 0.15) is 33.4 Å². The predicted molar refractivity (Wildman–Crippen MR) is 96.4 cm³/mol. The number of nitrogens with zero attached hydrogens (tertiary/aromatic N) is 2. The lowest BCUT2D eigenvalue weighted by Gasteiger charge is -2.16. The van der Waals surface area contributed by atoms with Gasteiger partial charge in [-0.2, -0.15) is 0 Å². The molecule has 1 aliphatic rings. The van der Waals surface area contributed by atoms with Crippen molar-refractivity contribution in [2.24, 2.45) is 4.99 Å². The lowest BCUT2D eigenvalue weighted by atomic mass is 10.0. The molecule has 7 heteroatoms. The van der Waals surface area contributed by atoms with Crippen LogP contribution in [0.3, 0.4) is 0 Å². The number of hydrogen-bond donors (Lipinski definition) is 1. The van der Waals surface area contributed by atoms with Crippen molar-refractivity contribution in [3.05, 3.63) is 44.7 Å². The van der Waals surface area contributed by atoms with E-state index in [0.717, 1.165) is 29.2 Å². The Labute approximate surface area is 151 Å². The Bertz CT molecular complexity index is 811. The highest BCUT2D eigenvalue weighted by Crippen LogP contribution is 2.23. The summed E-state index contributed by atoms with van der Waals surface area (Å²) in [5.41, 5.74) is 4.21. The summed E-state index contributed by atoms with van der Waals surface area (Å²) in [5, 5.41) is 9.28. The van der Waals surface area contributed by atoms with E-state index in [1.54, 1.807) is 6.92 Å². The molecule has 1 aliphatic heterocycles. The first-order chi connectivity index (χ1) is 11.1. The number of rotatable bonds is 4. The molecule has 2 heterocycles. The van der Waals surface area contributed by atoms with Gasteiger partial charge >= 0.3 is 0 Å². The number of halogens is 1. The molecule has 130 valence electrons. The fraction of sp³-hybridized carbons (Fsp3) is 0.412. The van der Waals surface area contributed by atoms with Gasteiger partial charge in [0.25, 0.3) is 0 Å². The van der Waals surface area contributed by atoms with Gasteiger partial charge in [0.2, 0.25) is 0 Å². The van der Waals surface area contributed by atoms with Gasteiger partial charge in [-0.15, -0.1) is 12.4 Å². The molecule has 1 aromatic heterocycles. The average molecular weight is 369 g/mol. The first-order valence-corrected chi connectivity index (χ1v) is 8.48. The van der Waals surface area contributed by atoms with Crippen molar-refractivity contribution >= 4 is 35.2 Å². The Morgan fingerprint density at radius 1 is 1.42 bits per heavy atom. The number of hydrogen-bond acceptors (Lipinski definition) is 5. The van der Waals surface area contributed by atoms with Gasteiger partial charge in [-0.1, -0.05) is 17.4 Å². The minimum absolute atomic E-state index is 0. The predicted octanol–water partition coefficient (Wildman–Crippen LogP) is 2.78. The van der Waals surface area contributed by atoms with E-state index in [2.05, 4.69) is 12.1 Å². The third kappa shape index (κ3) is 3.78. The number of ether oxygens (including phenoxy) is 1. The van der Waals surface area contributed by atoms with Gasteiger partial charge in [0.1, 0.15) is 0 Å². The second kappa shape index (κ2) is 8.07. The maximum atomic E-state index is 11.8. The van der Waals surface area contributed by atoms with Crippen LogP contribution < -0.4 is 4.80 Å². The number of carbonyl (C=O) groups is 1. The lowest BCUT2D eigenvalue weighted by molar-refractivity contribution is 0.102. The number of aromatic nitrogens is 1. The summed E-state index contributed by atoms with van der Waals surface area (Å²) < 4.78 is 7.36. The lowest BCUT2D eigenvalue weighted by Crippen LogP contribution is -2.18. The number of carbonyl (C=O) groups excluding carboxylic acids is 1. The summed E-state index contributed by atoms with van der Waals surface area (Å²) in [6.45, 7) is 5.31. The highest BCUT2D eigenvalue weighted by atomic mass is 35.5. The van der Waals surface area contributed by atoms with Crippen LogP contribution in [0.5, 0.6) is 0 Å². The monoisotopic (exact) mass is 368 g/mol. The Morgan fingerprint density at radius 2 is 2.21 bits per heavy atom. The van der Waals surface area contributed by atoms with Crippen LogP contribution in [-0.4, -0.2) is 28.7 Å². The fourth-order valence-electron chi connectivity index (χ4n) is 2.79. The number of fused-ring (bicyclic) bond motifs is 1. The molecule has 0 bridgehead atoms. The van der Waals surface area contributed by atoms with E-state index in [9.17, 15) is 9.90 Å². The molecule has 1 aromatic carbocycles. The number of Topliss-reactive ketones (excluding diaryl/α,β-unsaturated/α-hetero) is 1. The zero-order valence-corrected chi connectivity index (χ0v) is 15.4. The SMILES string of the molecule is CC(=O)c1sc(=Nc2ccc3c(c2)CCOC3)n(CCO)c1C.Cl. The maximum absolute atomic E-state index is 11.8. The van der Waals surface area contributed by atoms with Crippen LogP contribution in [0.15, 0.2) is 23.2 Å². The summed E-state index contributed by atoms with van der Waals surface area (Å²) in [7, 11) is 0. The Morgan fingerprint density at radius 3 is 2.92 bits per heavy atom. The standard InChI is InChI=1S/C17H20N2O3S.ClH/c1-11-16(12(2)21)23-17(19(11)6-7-20)18-15-4-3-14-10-22-8-5-13(14)9-15;/h3-4,9,20H,5-8,10H2,1-2H3;1H. The Balaban J connectivity index is 0.00000208. The maximum Gasteiger partial charge on any atom is 0.190 e. The van der Waals surface area contributed by atoms with Crippen LogP contribution in [0.4, 0.5) is 5.69 Å². The second-order valence-electron chi connectivity index (χ2n) is 5.60. The topological polar surface area (TPSA) is 63.8 Å². The van der Waals surface area contributed by atoms with Crippen LogP contribution in [0.25, 0.3) is 0 Å². The van der Waals surface area contributed by atoms with E-state index in [1.165, 1.54) is 22.5 Å². The fourth-order valence-corrected chi connectivity index (χ4v) is 3.86. The molecule has 0 amide bonds. The largest absolute Gasteiger partial charge is 0.395 e. The summed E-state index contributed by atoms with van der Waals surface area (Å²) in [5.74, 6) is 0.0308. The first kappa shape index (κ1) is 18.9. The van der Waals surface area contributed by atoms with Crippen LogP contribution in [0.2, 0.25) is 0 Å². The van der Waals surface area contributed by atoms with Crippen LogP contribution >= 0.6 is 23.7 Å². The van der Waals surface area contributed by atoms with Crippen LogP contribution in [0, 0.1) is 6.92 Å². The number of aliphatic hydroxyl groups is 1. The number of thiazole rings is 1. The molecule has 0 radical (unpaired) electrons. The summed E-state index contributed by atoms with van der Waals surface area (Å²) in [6, 6.07) is 6.11. The zero-order valence-electron chi connectivity index (χ0n) is 13.7. The Hall–Kier alpha value is -1.47. The molecule has 2 aromatic rings. The number of benzene rings is 1. The normalized spacial score (nSPS) is 14.2. The van der Waals surface area contributed by atoms with Gasteiger partial charge < -0.3 is 14.4 Å². The molecule has 0 fully saturated rings. The van der Waals surface area contributed by atoms with E-state index in [0.29, 0.717) is 18.0 Å². The second-order valence-corrected chi connectivity index (χ2v) is 6.58. The minimum atomic E-state index is 0. The van der Waals surface area contributed by atoms with E-state index in [1.807, 2.05) is 17.6 Å². The smallest absolute Gasteiger partial charge is 0.190 e. The number of aliphatic hydroxyl groups excluding tert-OH is 1. The van der Waals surface area contributed by atoms with Crippen molar-refractivity contribution in [1.82, 2.24) is 4.57 Å². The van der Waals surface area contributed by atoms with Crippen molar-refractivity contribution in [1.29, 1.82) is 0 Å². The molecule has 5 nitrogen and oxygen atoms in total. The summed E-state index contributed by atoms with van der Waals surface area (Å²) in [6.07, 6.45) is 0.900. The van der Waals surface area contributed by atoms with Gasteiger partial charge in [-0.25, -0.2) is 4.99 Å². The minimum Gasteiger partial charge on any atom is -0.395 e. The van der Waals surface area contributed by atoms with Crippen LogP contribution in [-0.2, 0) is 24.3 Å². The molecule has 0 spiro atoms. The van der Waals surface area contributed by atoms with Gasteiger partial charge in [0.05, 0.1) is 30.4 Å². The van der Waals surface area contributed by atoms with E-state index >= 15 is 0 Å². The quantitative estimate of drug-likeness (QED) is 0.844. The number of ketones is 1. The van der Waals surface area contributed by atoms with E-state index in [-0.39, 0.29) is 24.8 Å². The summed E-state index contributed by atoms with van der Waals surface area (Å²) in [4.78, 5) is 17.9. The molecule has 0 unspecified atom stereocenters. The molecule has 3 rings (SSSR count). The zero-order chi connectivity index (χ0) is 16.4. The highest BCUT2D eigenvalue weighted by Gasteiger charge is 2.14. The first-order valence-electron chi connectivity index (χ1n) is 7.66. The molecule has 0 saturated carbocycles. The third-order valence-electron chi connectivity index (χ3n) is 3.99. The van der Waals surface area contributed by atoms with E-state index in [4.69, 9.17) is 9.73 Å². The van der Waals surface area contributed by atoms with Gasteiger partial charge in [0, 0.05) is 19.2 Å². The molecule has 0 saturated heterocycles. The molecule has 1 N–H and O–H groups in total. The van der Waals surface area contributed by atoms with Crippen molar-refractivity contribution in [3.63, 3.8) is 0 Å². The van der Waals surface area contributed by atoms with Gasteiger partial charge in [-0.05, 0) is 36.6 Å². The van der Waals surface area contributed by atoms with E-state index < -0.39 is 0 Å². The Kier molecular flexibility index (Phi) is 6.34. The van der Waals surface area contributed by atoms with Gasteiger partial charge in [0.15, 0.2) is 10.6 Å². The summed E-state index contributed by atoms with van der Waals surface area (Å²) >= 11 is 1.38. The molecular weight excluding hydrogens is 348 g/mol. The highest BCUT2D eigenvalue weighted by molar-refractivity contribution is 7.11. The molecule has 0 atom stereocenters. The molecular formula is C17H21ClN2O3S. The molecule has 24 heavy (non-hydrogen) atoms. The molecule has 0 aliphatic carbocycles. The van der Waals surface area contributed by atoms with Crippen molar-refractivity contribution in [2.45, 2.75) is 33.4 Å². The third-order valence-corrected chi connectivity index (χ3v) is 5.27. The van der Waals surface area contributed by atoms with Crippen molar-refractivity contribution in [3.8, 4) is 0 Å². The van der Waals surface area contributed by atoms with Crippen molar-refractivity contribution in [2.75, 3.05) is 13.2 Å². The van der Waals surface area contributed by atoms with Crippen molar-refractivity contribution < 1.29 is 14.6 Å². The van der Waals surface area contributed by atoms with Gasteiger partial charge in [-0.3, -0.25) is 4.79 Å².